The van der Waals surface area contributed by atoms with Crippen molar-refractivity contribution in [3.63, 3.8) is 0 Å². The lowest BCUT2D eigenvalue weighted by atomic mass is 10.0. The Morgan fingerprint density at radius 2 is 1.59 bits per heavy atom. The van der Waals surface area contributed by atoms with Crippen molar-refractivity contribution in [3.8, 4) is 11.1 Å². The van der Waals surface area contributed by atoms with Crippen molar-refractivity contribution in [2.24, 2.45) is 0 Å². The maximum Gasteiger partial charge on any atom is 0.432 e. The number of anilines is 1. The number of hydrogen-bond acceptors (Lipinski definition) is 3. The summed E-state index contributed by atoms with van der Waals surface area (Å²) in [5, 5.41) is 3.00. The molecule has 0 aromatic heterocycles. The smallest absolute Gasteiger partial charge is 0.293 e. The van der Waals surface area contributed by atoms with Crippen LogP contribution in [0.25, 0.3) is 11.1 Å². The molecular weight excluding hydrogens is 297 g/mol. The van der Waals surface area contributed by atoms with Crippen molar-refractivity contribution in [1.82, 2.24) is 0 Å². The fourth-order valence-electron chi connectivity index (χ4n) is 2.25. The number of aryl methyl sites for hydroxylation is 1. The molecule has 0 fully saturated rings. The highest BCUT2D eigenvalue weighted by molar-refractivity contribution is 7.55. The third-order valence-electron chi connectivity index (χ3n) is 3.20. The molecule has 0 spiro atoms. The van der Waals surface area contributed by atoms with E-state index in [2.05, 4.69) is 5.09 Å². The standard InChI is InChI=1S/C17H22NO3P/c1-4-20-22(19,21-5-2)18-17-14(3)10-9-13-16(17)15-11-7-6-8-12-15/h6-13H,4-5H2,1-3H3,(H,18,19). The molecule has 0 saturated heterocycles. The van der Waals surface area contributed by atoms with Crippen molar-refractivity contribution in [3.05, 3.63) is 54.1 Å². The number of para-hydroxylation sites is 1. The van der Waals surface area contributed by atoms with Crippen LogP contribution in [-0.2, 0) is 13.6 Å². The van der Waals surface area contributed by atoms with Crippen LogP contribution in [0.15, 0.2) is 48.5 Å². The minimum atomic E-state index is -3.37. The van der Waals surface area contributed by atoms with Crippen LogP contribution < -0.4 is 5.09 Å². The zero-order valence-corrected chi connectivity index (χ0v) is 14.1. The van der Waals surface area contributed by atoms with Crippen LogP contribution in [0.3, 0.4) is 0 Å². The molecule has 0 amide bonds. The van der Waals surface area contributed by atoms with E-state index in [1.807, 2.05) is 55.5 Å². The lowest BCUT2D eigenvalue weighted by molar-refractivity contribution is 0.225. The molecule has 0 aliphatic carbocycles. The predicted molar refractivity (Wildman–Crippen MR) is 91.1 cm³/mol. The van der Waals surface area contributed by atoms with Gasteiger partial charge in [0.15, 0.2) is 0 Å². The van der Waals surface area contributed by atoms with Crippen molar-refractivity contribution in [2.75, 3.05) is 18.3 Å². The Bertz CT molecular complexity index is 648. The molecule has 4 nitrogen and oxygen atoms in total. The first-order chi connectivity index (χ1) is 10.6. The second kappa shape index (κ2) is 7.59. The molecule has 0 unspecified atom stereocenters. The summed E-state index contributed by atoms with van der Waals surface area (Å²) in [7, 11) is -3.37. The molecule has 22 heavy (non-hydrogen) atoms. The number of rotatable bonds is 7. The van der Waals surface area contributed by atoms with Crippen LogP contribution in [-0.4, -0.2) is 13.2 Å². The summed E-state index contributed by atoms with van der Waals surface area (Å²) < 4.78 is 23.4. The largest absolute Gasteiger partial charge is 0.432 e. The van der Waals surface area contributed by atoms with Gasteiger partial charge in [-0.15, -0.1) is 0 Å². The molecule has 118 valence electrons. The van der Waals surface area contributed by atoms with Gasteiger partial charge < -0.3 is 0 Å². The lowest BCUT2D eigenvalue weighted by Crippen LogP contribution is -2.07. The number of benzene rings is 2. The molecule has 0 aliphatic heterocycles. The van der Waals surface area contributed by atoms with E-state index in [1.165, 1.54) is 0 Å². The Morgan fingerprint density at radius 1 is 0.955 bits per heavy atom. The quantitative estimate of drug-likeness (QED) is 0.708. The van der Waals surface area contributed by atoms with Crippen LogP contribution in [0.4, 0.5) is 5.69 Å². The highest BCUT2D eigenvalue weighted by Crippen LogP contribution is 2.50. The molecule has 0 aliphatic rings. The molecule has 2 aromatic rings. The van der Waals surface area contributed by atoms with Crippen molar-refractivity contribution in [1.29, 1.82) is 0 Å². The third kappa shape index (κ3) is 3.98. The van der Waals surface area contributed by atoms with Gasteiger partial charge in [0.2, 0.25) is 0 Å². The van der Waals surface area contributed by atoms with Gasteiger partial charge in [-0.1, -0.05) is 48.5 Å². The summed E-state index contributed by atoms with van der Waals surface area (Å²) in [6.07, 6.45) is 0. The van der Waals surface area contributed by atoms with Gasteiger partial charge in [0.1, 0.15) is 0 Å². The Hall–Kier alpha value is -1.61. The summed E-state index contributed by atoms with van der Waals surface area (Å²) in [5.41, 5.74) is 3.79. The summed E-state index contributed by atoms with van der Waals surface area (Å²) in [6, 6.07) is 15.9. The van der Waals surface area contributed by atoms with Gasteiger partial charge in [0.05, 0.1) is 18.9 Å². The Kier molecular flexibility index (Phi) is 5.78. The van der Waals surface area contributed by atoms with Crippen LogP contribution in [0.1, 0.15) is 19.4 Å². The third-order valence-corrected chi connectivity index (χ3v) is 4.90. The van der Waals surface area contributed by atoms with Crippen molar-refractivity contribution >= 4 is 13.4 Å². The van der Waals surface area contributed by atoms with Crippen LogP contribution in [0, 0.1) is 6.92 Å². The molecular formula is C17H22NO3P. The van der Waals surface area contributed by atoms with Gasteiger partial charge in [-0.05, 0) is 31.9 Å². The van der Waals surface area contributed by atoms with E-state index in [4.69, 9.17) is 9.05 Å². The summed E-state index contributed by atoms with van der Waals surface area (Å²) in [5.74, 6) is 0. The molecule has 0 bridgehead atoms. The lowest BCUT2D eigenvalue weighted by Gasteiger charge is -2.22. The zero-order valence-electron chi connectivity index (χ0n) is 13.2. The van der Waals surface area contributed by atoms with E-state index in [1.54, 1.807) is 13.8 Å². The van der Waals surface area contributed by atoms with Gasteiger partial charge in [0.25, 0.3) is 0 Å². The normalized spacial score (nSPS) is 11.4. The second-order valence-electron chi connectivity index (χ2n) is 4.81. The number of nitrogens with one attached hydrogen (secondary N) is 1. The summed E-state index contributed by atoms with van der Waals surface area (Å²) >= 11 is 0. The average Bonchev–Trinajstić information content (AvgIpc) is 2.50. The van der Waals surface area contributed by atoms with Gasteiger partial charge in [-0.3, -0.25) is 14.1 Å². The molecule has 5 heteroatoms. The maximum absolute atomic E-state index is 12.8. The molecule has 0 heterocycles. The fraction of sp³-hybridized carbons (Fsp3) is 0.294. The summed E-state index contributed by atoms with van der Waals surface area (Å²) in [4.78, 5) is 0. The number of hydrogen-bond donors (Lipinski definition) is 1. The topological polar surface area (TPSA) is 47.6 Å². The molecule has 1 N–H and O–H groups in total. The van der Waals surface area contributed by atoms with Gasteiger partial charge in [-0.2, -0.15) is 0 Å². The van der Waals surface area contributed by atoms with E-state index in [0.717, 1.165) is 22.4 Å². The predicted octanol–water partition coefficient (Wildman–Crippen LogP) is 5.26. The van der Waals surface area contributed by atoms with E-state index < -0.39 is 7.75 Å². The summed E-state index contributed by atoms with van der Waals surface area (Å²) in [6.45, 7) is 6.19. The van der Waals surface area contributed by atoms with E-state index in [-0.39, 0.29) is 0 Å². The first-order valence-corrected chi connectivity index (χ1v) is 8.96. The highest BCUT2D eigenvalue weighted by Gasteiger charge is 2.25. The zero-order chi connectivity index (χ0) is 16.0. The second-order valence-corrected chi connectivity index (χ2v) is 6.54. The minimum Gasteiger partial charge on any atom is -0.293 e. The van der Waals surface area contributed by atoms with Crippen LogP contribution in [0.2, 0.25) is 0 Å². The molecule has 2 aromatic carbocycles. The van der Waals surface area contributed by atoms with E-state index in [9.17, 15) is 4.57 Å². The van der Waals surface area contributed by atoms with Gasteiger partial charge in [-0.25, -0.2) is 4.57 Å². The molecule has 0 saturated carbocycles. The van der Waals surface area contributed by atoms with Gasteiger partial charge in [0, 0.05) is 5.56 Å². The molecule has 2 rings (SSSR count). The SMILES string of the molecule is CCOP(=O)(Nc1c(C)cccc1-c1ccccc1)OCC. The van der Waals surface area contributed by atoms with Gasteiger partial charge >= 0.3 is 7.75 Å². The monoisotopic (exact) mass is 319 g/mol. The molecule has 0 atom stereocenters. The first kappa shape index (κ1) is 16.8. The Morgan fingerprint density at radius 3 is 2.18 bits per heavy atom. The fourth-order valence-corrected chi connectivity index (χ4v) is 3.71. The average molecular weight is 319 g/mol. The highest BCUT2D eigenvalue weighted by atomic mass is 31.2. The Balaban J connectivity index is 2.44. The molecule has 0 radical (unpaired) electrons. The first-order valence-electron chi connectivity index (χ1n) is 7.42. The van der Waals surface area contributed by atoms with Crippen molar-refractivity contribution < 1.29 is 13.6 Å². The van der Waals surface area contributed by atoms with Crippen molar-refractivity contribution in [2.45, 2.75) is 20.8 Å². The van der Waals surface area contributed by atoms with Crippen LogP contribution in [0.5, 0.6) is 0 Å². The van der Waals surface area contributed by atoms with E-state index in [0.29, 0.717) is 13.2 Å². The van der Waals surface area contributed by atoms with E-state index >= 15 is 0 Å². The van der Waals surface area contributed by atoms with Crippen LogP contribution >= 0.6 is 7.75 Å². The minimum absolute atomic E-state index is 0.316. The maximum atomic E-state index is 12.8. The Labute approximate surface area is 132 Å².